The van der Waals surface area contributed by atoms with Crippen LogP contribution in [-0.2, 0) is 6.42 Å². The first kappa shape index (κ1) is 16.8. The molecule has 0 bridgehead atoms. The number of aliphatic imine (C=N–C) groups is 1. The third-order valence-electron chi connectivity index (χ3n) is 4.24. The molecule has 2 heterocycles. The minimum absolute atomic E-state index is 0.826. The van der Waals surface area contributed by atoms with Gasteiger partial charge in [0.25, 0.3) is 0 Å². The van der Waals surface area contributed by atoms with Crippen molar-refractivity contribution >= 4 is 5.96 Å². The fourth-order valence-electron chi connectivity index (χ4n) is 2.90. The topological polar surface area (TPSA) is 65.7 Å². The first-order valence-corrected chi connectivity index (χ1v) is 8.29. The molecule has 22 heavy (non-hydrogen) atoms. The van der Waals surface area contributed by atoms with Gasteiger partial charge in [0.2, 0.25) is 0 Å². The molecule has 2 N–H and O–H groups in total. The van der Waals surface area contributed by atoms with Crippen LogP contribution >= 0.6 is 0 Å². The van der Waals surface area contributed by atoms with Crippen molar-refractivity contribution in [2.24, 2.45) is 4.99 Å². The van der Waals surface area contributed by atoms with Crippen LogP contribution in [0.5, 0.6) is 0 Å². The van der Waals surface area contributed by atoms with Crippen molar-refractivity contribution in [2.45, 2.75) is 39.5 Å². The van der Waals surface area contributed by atoms with Gasteiger partial charge in [-0.25, -0.2) is 0 Å². The van der Waals surface area contributed by atoms with Gasteiger partial charge >= 0.3 is 0 Å². The summed E-state index contributed by atoms with van der Waals surface area (Å²) in [7, 11) is 1.81. The van der Waals surface area contributed by atoms with Crippen molar-refractivity contribution in [1.82, 2.24) is 20.7 Å². The molecule has 2 rings (SSSR count). The number of guanidine groups is 1. The average Bonchev–Trinajstić information content (AvgIpc) is 2.86. The summed E-state index contributed by atoms with van der Waals surface area (Å²) < 4.78 is 5.18. The zero-order valence-electron chi connectivity index (χ0n) is 14.1. The first-order valence-electron chi connectivity index (χ1n) is 8.29. The number of rotatable bonds is 6. The SMILES string of the molecule is CN=C(NCCc1c(C)noc1C)NCCN1CCCCC1. The van der Waals surface area contributed by atoms with E-state index in [1.165, 1.54) is 37.9 Å². The van der Waals surface area contributed by atoms with Gasteiger partial charge in [0, 0.05) is 32.2 Å². The van der Waals surface area contributed by atoms with Gasteiger partial charge in [-0.2, -0.15) is 0 Å². The summed E-state index contributed by atoms with van der Waals surface area (Å²) >= 11 is 0. The minimum atomic E-state index is 0.826. The molecular formula is C16H29N5O. The molecule has 1 aliphatic rings. The molecule has 0 unspecified atom stereocenters. The van der Waals surface area contributed by atoms with Gasteiger partial charge in [-0.05, 0) is 46.2 Å². The maximum atomic E-state index is 5.18. The fraction of sp³-hybridized carbons (Fsp3) is 0.750. The normalized spacial score (nSPS) is 16.8. The lowest BCUT2D eigenvalue weighted by Gasteiger charge is -2.26. The van der Waals surface area contributed by atoms with E-state index in [1.807, 2.05) is 20.9 Å². The van der Waals surface area contributed by atoms with E-state index in [-0.39, 0.29) is 0 Å². The molecule has 1 aromatic heterocycles. The van der Waals surface area contributed by atoms with Gasteiger partial charge in [-0.15, -0.1) is 0 Å². The Kier molecular flexibility index (Phi) is 6.71. The summed E-state index contributed by atoms with van der Waals surface area (Å²) in [6, 6.07) is 0. The summed E-state index contributed by atoms with van der Waals surface area (Å²) in [5, 5.41) is 10.7. The van der Waals surface area contributed by atoms with Crippen LogP contribution in [-0.4, -0.2) is 55.8 Å². The lowest BCUT2D eigenvalue weighted by molar-refractivity contribution is 0.232. The third-order valence-corrected chi connectivity index (χ3v) is 4.24. The lowest BCUT2D eigenvalue weighted by atomic mass is 10.1. The number of aryl methyl sites for hydroxylation is 2. The van der Waals surface area contributed by atoms with Crippen LogP contribution in [0.15, 0.2) is 9.52 Å². The number of hydrogen-bond acceptors (Lipinski definition) is 4. The molecule has 6 nitrogen and oxygen atoms in total. The Bertz CT molecular complexity index is 457. The second kappa shape index (κ2) is 8.78. The molecule has 1 aliphatic heterocycles. The van der Waals surface area contributed by atoms with Crippen molar-refractivity contribution in [2.75, 3.05) is 39.8 Å². The van der Waals surface area contributed by atoms with E-state index < -0.39 is 0 Å². The smallest absolute Gasteiger partial charge is 0.191 e. The van der Waals surface area contributed by atoms with E-state index in [0.717, 1.165) is 43.5 Å². The van der Waals surface area contributed by atoms with E-state index in [2.05, 4.69) is 25.7 Å². The van der Waals surface area contributed by atoms with Crippen LogP contribution in [0.2, 0.25) is 0 Å². The molecule has 1 saturated heterocycles. The Balaban J connectivity index is 1.64. The van der Waals surface area contributed by atoms with Gasteiger partial charge < -0.3 is 20.1 Å². The van der Waals surface area contributed by atoms with E-state index >= 15 is 0 Å². The Labute approximate surface area is 133 Å². The largest absolute Gasteiger partial charge is 0.361 e. The van der Waals surface area contributed by atoms with Crippen LogP contribution < -0.4 is 10.6 Å². The maximum Gasteiger partial charge on any atom is 0.191 e. The highest BCUT2D eigenvalue weighted by Gasteiger charge is 2.10. The molecule has 0 atom stereocenters. The third kappa shape index (κ3) is 5.02. The summed E-state index contributed by atoms with van der Waals surface area (Å²) in [5.41, 5.74) is 2.17. The zero-order valence-corrected chi connectivity index (χ0v) is 14.1. The molecule has 0 spiro atoms. The van der Waals surface area contributed by atoms with Crippen molar-refractivity contribution in [1.29, 1.82) is 0 Å². The molecule has 1 fully saturated rings. The maximum absolute atomic E-state index is 5.18. The highest BCUT2D eigenvalue weighted by molar-refractivity contribution is 5.79. The van der Waals surface area contributed by atoms with E-state index in [4.69, 9.17) is 4.52 Å². The number of nitrogens with one attached hydrogen (secondary N) is 2. The number of likely N-dealkylation sites (tertiary alicyclic amines) is 1. The summed E-state index contributed by atoms with van der Waals surface area (Å²) in [6.45, 7) is 9.26. The van der Waals surface area contributed by atoms with E-state index in [0.29, 0.717) is 0 Å². The second-order valence-electron chi connectivity index (χ2n) is 5.88. The van der Waals surface area contributed by atoms with Crippen molar-refractivity contribution in [3.8, 4) is 0 Å². The first-order chi connectivity index (χ1) is 10.7. The molecule has 0 saturated carbocycles. The Morgan fingerprint density at radius 2 is 1.91 bits per heavy atom. The highest BCUT2D eigenvalue weighted by Crippen LogP contribution is 2.12. The monoisotopic (exact) mass is 307 g/mol. The van der Waals surface area contributed by atoms with Gasteiger partial charge in [-0.3, -0.25) is 4.99 Å². The lowest BCUT2D eigenvalue weighted by Crippen LogP contribution is -2.43. The molecule has 6 heteroatoms. The van der Waals surface area contributed by atoms with E-state index in [1.54, 1.807) is 0 Å². The highest BCUT2D eigenvalue weighted by atomic mass is 16.5. The Morgan fingerprint density at radius 3 is 2.55 bits per heavy atom. The van der Waals surface area contributed by atoms with Gasteiger partial charge in [0.1, 0.15) is 5.76 Å². The molecule has 1 aromatic rings. The van der Waals surface area contributed by atoms with Crippen molar-refractivity contribution < 1.29 is 4.52 Å². The van der Waals surface area contributed by atoms with Crippen molar-refractivity contribution in [3.63, 3.8) is 0 Å². The Morgan fingerprint density at radius 1 is 1.18 bits per heavy atom. The molecular weight excluding hydrogens is 278 g/mol. The van der Waals surface area contributed by atoms with Crippen molar-refractivity contribution in [3.05, 3.63) is 17.0 Å². The molecule has 124 valence electrons. The summed E-state index contributed by atoms with van der Waals surface area (Å²) in [6.07, 6.45) is 4.96. The van der Waals surface area contributed by atoms with Gasteiger partial charge in [-0.1, -0.05) is 11.6 Å². The number of hydrogen-bond donors (Lipinski definition) is 2. The quantitative estimate of drug-likeness (QED) is 0.616. The number of aromatic nitrogens is 1. The van der Waals surface area contributed by atoms with E-state index in [9.17, 15) is 0 Å². The predicted molar refractivity (Wildman–Crippen MR) is 89.3 cm³/mol. The van der Waals surface area contributed by atoms with Crippen LogP contribution in [0.25, 0.3) is 0 Å². The summed E-state index contributed by atoms with van der Waals surface area (Å²) in [5.74, 6) is 1.77. The zero-order chi connectivity index (χ0) is 15.8. The van der Waals surface area contributed by atoms with Gasteiger partial charge in [0.05, 0.1) is 5.69 Å². The Hall–Kier alpha value is -1.56. The predicted octanol–water partition coefficient (Wildman–Crippen LogP) is 1.48. The van der Waals surface area contributed by atoms with Crippen LogP contribution in [0.3, 0.4) is 0 Å². The minimum Gasteiger partial charge on any atom is -0.361 e. The standard InChI is InChI=1S/C16H29N5O/c1-13-15(14(2)22-20-13)7-8-18-16(17-3)19-9-12-21-10-5-4-6-11-21/h4-12H2,1-3H3,(H2,17,18,19). The molecule has 0 aliphatic carbocycles. The number of piperidine rings is 1. The molecule has 0 radical (unpaired) electrons. The van der Waals surface area contributed by atoms with Crippen LogP contribution in [0, 0.1) is 13.8 Å². The number of nitrogens with zero attached hydrogens (tertiary/aromatic N) is 3. The fourth-order valence-corrected chi connectivity index (χ4v) is 2.90. The second-order valence-corrected chi connectivity index (χ2v) is 5.88. The molecule has 0 aromatic carbocycles. The summed E-state index contributed by atoms with van der Waals surface area (Å²) in [4.78, 5) is 6.79. The van der Waals surface area contributed by atoms with Crippen LogP contribution in [0.1, 0.15) is 36.3 Å². The average molecular weight is 307 g/mol. The van der Waals surface area contributed by atoms with Gasteiger partial charge in [0.15, 0.2) is 5.96 Å². The van der Waals surface area contributed by atoms with Crippen LogP contribution in [0.4, 0.5) is 0 Å². The molecule has 0 amide bonds.